The first kappa shape index (κ1) is 18.0. The van der Waals surface area contributed by atoms with E-state index in [-0.39, 0.29) is 17.4 Å². The number of nitrogens with zero attached hydrogens (tertiary/aromatic N) is 3. The van der Waals surface area contributed by atoms with Gasteiger partial charge in [-0.25, -0.2) is 4.98 Å². The molecule has 6 heteroatoms. The second-order valence-corrected chi connectivity index (χ2v) is 8.70. The van der Waals surface area contributed by atoms with E-state index in [4.69, 9.17) is 0 Å². The number of rotatable bonds is 4. The quantitative estimate of drug-likeness (QED) is 0.912. The van der Waals surface area contributed by atoms with Gasteiger partial charge in [0.25, 0.3) is 5.91 Å². The molecule has 1 aliphatic rings. The fourth-order valence-electron chi connectivity index (χ4n) is 2.97. The second-order valence-electron chi connectivity index (χ2n) is 7.66. The molecule has 0 bridgehead atoms. The minimum absolute atomic E-state index is 0.0127. The van der Waals surface area contributed by atoms with Crippen molar-refractivity contribution in [2.45, 2.75) is 51.6 Å². The molecule has 2 aromatic rings. The highest BCUT2D eigenvalue weighted by Gasteiger charge is 2.24. The maximum atomic E-state index is 12.5. The molecule has 0 atom stereocenters. The molecule has 0 radical (unpaired) electrons. The number of hydrogen-bond acceptors (Lipinski definition) is 5. The summed E-state index contributed by atoms with van der Waals surface area (Å²) in [5.74, 6) is 0.0127. The molecule has 1 aliphatic heterocycles. The number of thiazole rings is 1. The van der Waals surface area contributed by atoms with Crippen LogP contribution in [0.2, 0.25) is 0 Å². The predicted molar refractivity (Wildman–Crippen MR) is 101 cm³/mol. The maximum Gasteiger partial charge on any atom is 0.263 e. The summed E-state index contributed by atoms with van der Waals surface area (Å²) in [6.45, 7) is 9.27. The monoisotopic (exact) mass is 358 g/mol. The van der Waals surface area contributed by atoms with Gasteiger partial charge in [-0.15, -0.1) is 11.3 Å². The Bertz CT molecular complexity index is 700. The van der Waals surface area contributed by atoms with Crippen LogP contribution in [0.1, 0.15) is 53.9 Å². The highest BCUT2D eigenvalue weighted by molar-refractivity contribution is 7.13. The van der Waals surface area contributed by atoms with Crippen LogP contribution >= 0.6 is 11.3 Å². The lowest BCUT2D eigenvalue weighted by atomic mass is 9.98. The van der Waals surface area contributed by atoms with Crippen LogP contribution in [0, 0.1) is 0 Å². The van der Waals surface area contributed by atoms with Crippen LogP contribution in [-0.2, 0) is 12.0 Å². The smallest absolute Gasteiger partial charge is 0.263 e. The molecular formula is C19H26N4OS. The number of hydrogen-bond donors (Lipinski definition) is 1. The van der Waals surface area contributed by atoms with E-state index in [1.165, 1.54) is 16.9 Å². The van der Waals surface area contributed by atoms with Crippen molar-refractivity contribution < 1.29 is 4.79 Å². The third-order valence-corrected chi connectivity index (χ3v) is 5.84. The Morgan fingerprint density at radius 2 is 2.08 bits per heavy atom. The zero-order chi connectivity index (χ0) is 17.9. The van der Waals surface area contributed by atoms with E-state index in [0.717, 1.165) is 37.5 Å². The summed E-state index contributed by atoms with van der Waals surface area (Å²) >= 11 is 1.50. The molecule has 25 heavy (non-hydrogen) atoms. The van der Waals surface area contributed by atoms with E-state index in [9.17, 15) is 4.79 Å². The van der Waals surface area contributed by atoms with Crippen molar-refractivity contribution >= 4 is 17.2 Å². The first-order chi connectivity index (χ1) is 11.9. The van der Waals surface area contributed by atoms with Crippen LogP contribution in [0.5, 0.6) is 0 Å². The van der Waals surface area contributed by atoms with Crippen molar-refractivity contribution in [2.75, 3.05) is 13.1 Å². The fraction of sp³-hybridized carbons (Fsp3) is 0.526. The van der Waals surface area contributed by atoms with Gasteiger partial charge >= 0.3 is 0 Å². The molecular weight excluding hydrogens is 332 g/mol. The summed E-state index contributed by atoms with van der Waals surface area (Å²) in [6, 6.07) is 4.33. The van der Waals surface area contributed by atoms with Crippen molar-refractivity contribution in [3.05, 3.63) is 46.2 Å². The van der Waals surface area contributed by atoms with E-state index >= 15 is 0 Å². The molecule has 1 N–H and O–H groups in total. The van der Waals surface area contributed by atoms with Crippen LogP contribution in [0.3, 0.4) is 0 Å². The third-order valence-electron chi connectivity index (χ3n) is 4.42. The summed E-state index contributed by atoms with van der Waals surface area (Å²) in [6.07, 6.45) is 7.40. The minimum atomic E-state index is -0.0131. The fourth-order valence-corrected chi connectivity index (χ4v) is 3.84. The Hall–Kier alpha value is -1.79. The first-order valence-electron chi connectivity index (χ1n) is 8.80. The Balaban J connectivity index is 1.48. The summed E-state index contributed by atoms with van der Waals surface area (Å²) in [7, 11) is 0. The van der Waals surface area contributed by atoms with Crippen molar-refractivity contribution in [3.8, 4) is 0 Å². The second kappa shape index (κ2) is 7.62. The lowest BCUT2D eigenvalue weighted by Gasteiger charge is -2.32. The zero-order valence-electron chi connectivity index (χ0n) is 15.2. The van der Waals surface area contributed by atoms with Gasteiger partial charge < -0.3 is 5.32 Å². The molecule has 0 saturated carbocycles. The van der Waals surface area contributed by atoms with Gasteiger partial charge in [-0.2, -0.15) is 0 Å². The highest BCUT2D eigenvalue weighted by Crippen LogP contribution is 2.27. The van der Waals surface area contributed by atoms with Crippen LogP contribution in [0.4, 0.5) is 0 Å². The number of carbonyl (C=O) groups is 1. The number of piperidine rings is 1. The number of likely N-dealkylation sites (tertiary alicyclic amines) is 1. The molecule has 134 valence electrons. The average Bonchev–Trinajstić information content (AvgIpc) is 3.08. The molecule has 2 aromatic heterocycles. The lowest BCUT2D eigenvalue weighted by Crippen LogP contribution is -2.44. The summed E-state index contributed by atoms with van der Waals surface area (Å²) in [4.78, 5) is 24.2. The molecule has 1 saturated heterocycles. The van der Waals surface area contributed by atoms with Gasteiger partial charge in [-0.3, -0.25) is 14.7 Å². The SMILES string of the molecule is CC(C)(C)c1ncc(C(=O)NC2CCN(Cc3cccnc3)CC2)s1. The third kappa shape index (κ3) is 4.86. The molecule has 0 aliphatic carbocycles. The predicted octanol–water partition coefficient (Wildman–Crippen LogP) is 3.23. The van der Waals surface area contributed by atoms with E-state index in [2.05, 4.69) is 47.0 Å². The normalized spacial score (nSPS) is 16.8. The number of pyridine rings is 1. The van der Waals surface area contributed by atoms with Crippen molar-refractivity contribution in [3.63, 3.8) is 0 Å². The van der Waals surface area contributed by atoms with Gasteiger partial charge in [-0.05, 0) is 24.5 Å². The molecule has 1 amide bonds. The standard InChI is InChI=1S/C19H26N4OS/c1-19(2,3)18-21-12-16(25-18)17(24)22-15-6-9-23(10-7-15)13-14-5-4-8-20-11-14/h4-5,8,11-12,15H,6-7,9-10,13H2,1-3H3,(H,22,24). The Labute approximate surface area is 153 Å². The van der Waals surface area contributed by atoms with Crippen molar-refractivity contribution in [2.24, 2.45) is 0 Å². The van der Waals surface area contributed by atoms with Gasteiger partial charge in [0, 0.05) is 43.5 Å². The zero-order valence-corrected chi connectivity index (χ0v) is 16.0. The van der Waals surface area contributed by atoms with Gasteiger partial charge in [-0.1, -0.05) is 26.8 Å². The largest absolute Gasteiger partial charge is 0.348 e. The first-order valence-corrected chi connectivity index (χ1v) is 9.62. The van der Waals surface area contributed by atoms with Gasteiger partial charge in [0.05, 0.1) is 11.2 Å². The molecule has 0 spiro atoms. The van der Waals surface area contributed by atoms with E-state index in [0.29, 0.717) is 4.88 Å². The topological polar surface area (TPSA) is 58.1 Å². The summed E-state index contributed by atoms with van der Waals surface area (Å²) < 4.78 is 0. The Morgan fingerprint density at radius 3 is 2.68 bits per heavy atom. The van der Waals surface area contributed by atoms with Gasteiger partial charge in [0.2, 0.25) is 0 Å². The molecule has 5 nitrogen and oxygen atoms in total. The number of amides is 1. The van der Waals surface area contributed by atoms with E-state index in [1.807, 2.05) is 12.3 Å². The van der Waals surface area contributed by atoms with Crippen LogP contribution in [0.15, 0.2) is 30.7 Å². The molecule has 0 aromatic carbocycles. The van der Waals surface area contributed by atoms with E-state index in [1.54, 1.807) is 12.4 Å². The maximum absolute atomic E-state index is 12.5. The molecule has 3 rings (SSSR count). The van der Waals surface area contributed by atoms with Crippen LogP contribution in [0.25, 0.3) is 0 Å². The minimum Gasteiger partial charge on any atom is -0.348 e. The lowest BCUT2D eigenvalue weighted by molar-refractivity contribution is 0.0913. The number of carbonyl (C=O) groups excluding carboxylic acids is 1. The molecule has 3 heterocycles. The van der Waals surface area contributed by atoms with Crippen molar-refractivity contribution in [1.29, 1.82) is 0 Å². The summed E-state index contributed by atoms with van der Waals surface area (Å²) in [5.41, 5.74) is 1.23. The number of aromatic nitrogens is 2. The Kier molecular flexibility index (Phi) is 5.49. The van der Waals surface area contributed by atoms with Gasteiger partial charge in [0.1, 0.15) is 4.88 Å². The van der Waals surface area contributed by atoms with Crippen LogP contribution in [-0.4, -0.2) is 39.9 Å². The molecule has 0 unspecified atom stereocenters. The number of nitrogens with one attached hydrogen (secondary N) is 1. The van der Waals surface area contributed by atoms with E-state index < -0.39 is 0 Å². The average molecular weight is 359 g/mol. The van der Waals surface area contributed by atoms with Gasteiger partial charge in [0.15, 0.2) is 0 Å². The van der Waals surface area contributed by atoms with Crippen molar-refractivity contribution in [1.82, 2.24) is 20.2 Å². The molecule has 1 fully saturated rings. The summed E-state index contributed by atoms with van der Waals surface area (Å²) in [5, 5.41) is 4.18. The highest BCUT2D eigenvalue weighted by atomic mass is 32.1. The van der Waals surface area contributed by atoms with Crippen LogP contribution < -0.4 is 5.32 Å². The Morgan fingerprint density at radius 1 is 1.32 bits per heavy atom.